The highest BCUT2D eigenvalue weighted by molar-refractivity contribution is 6.30. The van der Waals surface area contributed by atoms with E-state index in [1.54, 1.807) is 29.3 Å². The number of hydrazine groups is 1. The van der Waals surface area contributed by atoms with Crippen molar-refractivity contribution in [3.8, 4) is 0 Å². The number of hydrogen-bond donors (Lipinski definition) is 2. The van der Waals surface area contributed by atoms with Crippen molar-refractivity contribution in [1.29, 1.82) is 0 Å². The van der Waals surface area contributed by atoms with Gasteiger partial charge in [0.05, 0.1) is 30.6 Å². The Morgan fingerprint density at radius 1 is 1.11 bits per heavy atom. The largest absolute Gasteiger partial charge is 0.379 e. The second-order valence-corrected chi connectivity index (χ2v) is 10.3. The molecule has 0 spiro atoms. The van der Waals surface area contributed by atoms with Crippen LogP contribution in [-0.4, -0.2) is 67.1 Å². The number of morpholine rings is 1. The summed E-state index contributed by atoms with van der Waals surface area (Å²) in [6, 6.07) is 13.5. The Morgan fingerprint density at radius 3 is 2.51 bits per heavy atom. The van der Waals surface area contributed by atoms with Crippen molar-refractivity contribution < 1.29 is 19.2 Å². The van der Waals surface area contributed by atoms with Crippen LogP contribution in [0, 0.1) is 10.8 Å². The highest BCUT2D eigenvalue weighted by Crippen LogP contribution is 2.35. The number of benzene rings is 2. The van der Waals surface area contributed by atoms with E-state index in [0.717, 1.165) is 25.1 Å². The molecule has 2 heterocycles. The number of nitrogens with one attached hydrogen (secondary N) is 2. The number of hydrogen-bond acceptors (Lipinski definition) is 5. The maximum Gasteiger partial charge on any atom is 0.369 e. The van der Waals surface area contributed by atoms with Crippen LogP contribution in [0.4, 0.5) is 16.2 Å². The third-order valence-corrected chi connectivity index (χ3v) is 7.04. The molecule has 1 fully saturated rings. The monoisotopic (exact) mass is 528 g/mol. The molecule has 37 heavy (non-hydrogen) atoms. The van der Waals surface area contributed by atoms with Gasteiger partial charge in [-0.05, 0) is 61.2 Å². The van der Waals surface area contributed by atoms with Gasteiger partial charge in [0.2, 0.25) is 5.78 Å². The number of amides is 2. The van der Waals surface area contributed by atoms with Gasteiger partial charge in [-0.3, -0.25) is 15.0 Å². The van der Waals surface area contributed by atoms with E-state index in [2.05, 4.69) is 29.4 Å². The fourth-order valence-corrected chi connectivity index (χ4v) is 4.83. The highest BCUT2D eigenvalue weighted by Gasteiger charge is 2.48. The second kappa shape index (κ2) is 12.5. The number of rotatable bonds is 8. The number of ether oxygens (including phenoxy) is 1. The molecule has 2 aromatic carbocycles. The number of nitrogens with zero attached hydrogens (tertiary/aromatic N) is 3. The minimum atomic E-state index is -1.37. The van der Waals surface area contributed by atoms with Gasteiger partial charge in [-0.25, -0.2) is 4.79 Å². The van der Waals surface area contributed by atoms with Crippen LogP contribution in [0.15, 0.2) is 48.5 Å². The number of carbonyl (C=O) groups excluding carboxylic acids is 2. The van der Waals surface area contributed by atoms with E-state index >= 15 is 0 Å². The van der Waals surface area contributed by atoms with Crippen LogP contribution in [0.3, 0.4) is 0 Å². The lowest BCUT2D eigenvalue weighted by Crippen LogP contribution is -2.54. The topological polar surface area (TPSA) is 94.0 Å². The average Bonchev–Trinajstić information content (AvgIpc) is 2.97. The number of nitroso groups, excluding NO2 is 1. The zero-order chi connectivity index (χ0) is 26.4. The van der Waals surface area contributed by atoms with Gasteiger partial charge in [-0.15, -0.1) is 5.01 Å². The molecular formula is C27H35ClN5O4+. The Morgan fingerprint density at radius 2 is 1.81 bits per heavy atom. The molecule has 2 aliphatic heterocycles. The lowest BCUT2D eigenvalue weighted by atomic mass is 9.89. The maximum atomic E-state index is 13.9. The van der Waals surface area contributed by atoms with Crippen LogP contribution in [0.5, 0.6) is 0 Å². The van der Waals surface area contributed by atoms with Crippen LogP contribution < -0.4 is 15.6 Å². The van der Waals surface area contributed by atoms with Crippen LogP contribution in [0.25, 0.3) is 0 Å². The molecule has 2 atom stereocenters. The Bertz CT molecular complexity index is 1100. The van der Waals surface area contributed by atoms with E-state index < -0.39 is 18.1 Å². The first-order valence-electron chi connectivity index (χ1n) is 12.8. The first kappa shape index (κ1) is 27.0. The molecule has 198 valence electrons. The molecule has 0 aromatic heterocycles. The van der Waals surface area contributed by atoms with Crippen LogP contribution in [-0.2, 0) is 9.53 Å². The zero-order valence-electron chi connectivity index (χ0n) is 21.4. The average molecular weight is 529 g/mol. The molecular weight excluding hydrogens is 494 g/mol. The molecule has 0 aliphatic carbocycles. The van der Waals surface area contributed by atoms with Crippen molar-refractivity contribution in [2.24, 2.45) is 5.92 Å². The SMILES string of the molecule is CC(C)CCN1c2ccccc2C(CCN2CCOCC2)C(=O)C(NC(=O)Nc2ccc(Cl)cc2)[N+]1=O. The van der Waals surface area contributed by atoms with Gasteiger partial charge >= 0.3 is 12.2 Å². The minimum absolute atomic E-state index is 0.325. The van der Waals surface area contributed by atoms with Crippen molar-refractivity contribution in [1.82, 2.24) is 10.2 Å². The number of anilines is 2. The van der Waals surface area contributed by atoms with Crippen LogP contribution >= 0.6 is 11.6 Å². The molecule has 0 bridgehead atoms. The first-order valence-corrected chi connectivity index (χ1v) is 13.2. The minimum Gasteiger partial charge on any atom is -0.379 e. The van der Waals surface area contributed by atoms with Crippen molar-refractivity contribution in [3.05, 3.63) is 64.0 Å². The van der Waals surface area contributed by atoms with E-state index in [9.17, 15) is 14.5 Å². The van der Waals surface area contributed by atoms with E-state index in [4.69, 9.17) is 16.3 Å². The zero-order valence-corrected chi connectivity index (χ0v) is 22.1. The molecule has 2 unspecified atom stereocenters. The molecule has 2 aliphatic rings. The van der Waals surface area contributed by atoms with E-state index in [1.807, 2.05) is 24.3 Å². The van der Waals surface area contributed by atoms with Crippen molar-refractivity contribution in [3.63, 3.8) is 0 Å². The summed E-state index contributed by atoms with van der Waals surface area (Å²) in [6.45, 7) is 8.25. The Labute approximate surface area is 222 Å². The standard InChI is InChI=1S/C27H34ClN5O4/c1-19(2)11-14-32-24-6-4-3-5-22(24)23(12-13-31-15-17-37-18-16-31)25(34)26(33(32)36)30-27(35)29-21-9-7-20(28)8-10-21/h3-10,19,23,26H,11-18H2,1-2H3,(H-,29,30,35)/p+1. The van der Waals surface area contributed by atoms with Crippen molar-refractivity contribution in [2.75, 3.05) is 49.7 Å². The number of halogens is 1. The van der Waals surface area contributed by atoms with Crippen LogP contribution in [0.1, 0.15) is 38.2 Å². The van der Waals surface area contributed by atoms with Crippen molar-refractivity contribution >= 4 is 34.8 Å². The van der Waals surface area contributed by atoms with E-state index in [-0.39, 0.29) is 5.78 Å². The summed E-state index contributed by atoms with van der Waals surface area (Å²) in [5.41, 5.74) is 2.03. The molecule has 10 heteroatoms. The van der Waals surface area contributed by atoms with Crippen LogP contribution in [0.2, 0.25) is 5.02 Å². The van der Waals surface area contributed by atoms with Gasteiger partial charge in [0.15, 0.2) is 4.87 Å². The second-order valence-electron chi connectivity index (χ2n) is 9.87. The smallest absolute Gasteiger partial charge is 0.369 e. The molecule has 9 nitrogen and oxygen atoms in total. The van der Waals surface area contributed by atoms with Gasteiger partial charge < -0.3 is 10.1 Å². The predicted octanol–water partition coefficient (Wildman–Crippen LogP) is 4.42. The maximum absolute atomic E-state index is 13.9. The Hall–Kier alpha value is -3.01. The summed E-state index contributed by atoms with van der Waals surface area (Å²) < 4.78 is 5.45. The number of ketones is 1. The lowest BCUT2D eigenvalue weighted by Gasteiger charge is -2.28. The van der Waals surface area contributed by atoms with Gasteiger partial charge in [0, 0.05) is 23.8 Å². The molecule has 2 N–H and O–H groups in total. The van der Waals surface area contributed by atoms with Gasteiger partial charge in [0.1, 0.15) is 5.69 Å². The summed E-state index contributed by atoms with van der Waals surface area (Å²) in [5, 5.41) is 7.47. The number of carbonyl (C=O) groups is 2. The fourth-order valence-electron chi connectivity index (χ4n) is 4.70. The van der Waals surface area contributed by atoms with E-state index in [0.29, 0.717) is 59.9 Å². The van der Waals surface area contributed by atoms with E-state index in [1.165, 1.54) is 0 Å². The Balaban J connectivity index is 1.61. The molecule has 1 saturated heterocycles. The van der Waals surface area contributed by atoms with Crippen molar-refractivity contribution in [2.45, 2.75) is 38.8 Å². The third-order valence-electron chi connectivity index (χ3n) is 6.79. The number of Topliss-reactive ketones (excluding diaryl/α,β-unsaturated/α-hetero) is 1. The lowest BCUT2D eigenvalue weighted by molar-refractivity contribution is -0.587. The summed E-state index contributed by atoms with van der Waals surface area (Å²) in [5.74, 6) is -0.509. The Kier molecular flexibility index (Phi) is 9.13. The van der Waals surface area contributed by atoms with Gasteiger partial charge in [0.25, 0.3) is 0 Å². The molecule has 0 saturated carbocycles. The molecule has 2 amide bonds. The summed E-state index contributed by atoms with van der Waals surface area (Å²) in [4.78, 5) is 43.5. The fraction of sp³-hybridized carbons (Fsp3) is 0.481. The summed E-state index contributed by atoms with van der Waals surface area (Å²) >= 11 is 5.94. The molecule has 2 aromatic rings. The number of para-hydroxylation sites is 1. The third kappa shape index (κ3) is 6.85. The first-order chi connectivity index (χ1) is 17.8. The summed E-state index contributed by atoms with van der Waals surface area (Å²) in [6.07, 6.45) is -0.0798. The van der Waals surface area contributed by atoms with Gasteiger partial charge in [-0.1, -0.05) is 43.6 Å². The number of fused-ring (bicyclic) bond motifs is 1. The highest BCUT2D eigenvalue weighted by atomic mass is 35.5. The molecule has 0 radical (unpaired) electrons. The number of urea groups is 1. The predicted molar refractivity (Wildman–Crippen MR) is 144 cm³/mol. The summed E-state index contributed by atoms with van der Waals surface area (Å²) in [7, 11) is 0. The normalized spacial score (nSPS) is 20.5. The van der Waals surface area contributed by atoms with Gasteiger partial charge in [-0.2, -0.15) is 0 Å². The quantitative estimate of drug-likeness (QED) is 0.492. The molecule has 4 rings (SSSR count).